The van der Waals surface area contributed by atoms with Crippen molar-refractivity contribution in [3.63, 3.8) is 0 Å². The first-order chi connectivity index (χ1) is 8.48. The first-order valence-corrected chi connectivity index (χ1v) is 6.03. The molecule has 0 saturated carbocycles. The Labute approximate surface area is 106 Å². The van der Waals surface area contributed by atoms with Crippen LogP contribution >= 0.6 is 0 Å². The number of carboxylic acids is 1. The molecule has 18 heavy (non-hydrogen) atoms. The molecule has 0 unspecified atom stereocenters. The molecule has 1 aliphatic rings. The van der Waals surface area contributed by atoms with Crippen LogP contribution < -0.4 is 0 Å². The van der Waals surface area contributed by atoms with Gasteiger partial charge in [0.05, 0.1) is 5.60 Å². The van der Waals surface area contributed by atoms with Gasteiger partial charge in [0.15, 0.2) is 0 Å². The summed E-state index contributed by atoms with van der Waals surface area (Å²) in [4.78, 5) is 12.7. The molecule has 0 amide bonds. The van der Waals surface area contributed by atoms with Crippen molar-refractivity contribution in [1.82, 2.24) is 14.7 Å². The summed E-state index contributed by atoms with van der Waals surface area (Å²) in [6.45, 7) is 4.27. The van der Waals surface area contributed by atoms with Gasteiger partial charge in [-0.05, 0) is 13.0 Å². The first-order valence-electron chi connectivity index (χ1n) is 6.03. The molecule has 2 rings (SSSR count). The van der Waals surface area contributed by atoms with Gasteiger partial charge in [-0.15, -0.1) is 0 Å². The quantitative estimate of drug-likeness (QED) is 0.781. The highest BCUT2D eigenvalue weighted by molar-refractivity contribution is 5.68. The summed E-state index contributed by atoms with van der Waals surface area (Å²) in [5, 5.41) is 12.7. The van der Waals surface area contributed by atoms with E-state index >= 15 is 0 Å². The zero-order valence-corrected chi connectivity index (χ0v) is 10.8. The largest absolute Gasteiger partial charge is 0.480 e. The minimum absolute atomic E-state index is 0.216. The molecule has 0 aromatic carbocycles. The molecule has 2 heterocycles. The van der Waals surface area contributed by atoms with Crippen LogP contribution in [0.15, 0.2) is 12.3 Å². The van der Waals surface area contributed by atoms with Gasteiger partial charge in [-0.1, -0.05) is 0 Å². The topological polar surface area (TPSA) is 67.6 Å². The zero-order chi connectivity index (χ0) is 13.2. The smallest absolute Gasteiger partial charge is 0.329 e. The van der Waals surface area contributed by atoms with Crippen LogP contribution in [0.1, 0.15) is 12.6 Å². The van der Waals surface area contributed by atoms with Crippen LogP contribution in [0.3, 0.4) is 0 Å². The molecule has 1 fully saturated rings. The number of nitrogens with zero attached hydrogens (tertiary/aromatic N) is 3. The summed E-state index contributed by atoms with van der Waals surface area (Å²) in [5.74, 6) is -0.912. The number of rotatable bonds is 6. The average molecular weight is 253 g/mol. The minimum Gasteiger partial charge on any atom is -0.480 e. The van der Waals surface area contributed by atoms with Crippen molar-refractivity contribution in [3.8, 4) is 0 Å². The molecule has 0 spiro atoms. The highest BCUT2D eigenvalue weighted by Crippen LogP contribution is 2.24. The Morgan fingerprint density at radius 1 is 1.61 bits per heavy atom. The van der Waals surface area contributed by atoms with Crippen LogP contribution in [0, 0.1) is 0 Å². The summed E-state index contributed by atoms with van der Waals surface area (Å²) < 4.78 is 7.23. The standard InChI is InChI=1S/C12H19N3O3/c1-12(18-7-11(16)17)8-15(9-12)6-4-10-3-5-13-14(10)2/h3,5H,4,6-9H2,1-2H3,(H,16,17). The van der Waals surface area contributed by atoms with E-state index in [9.17, 15) is 4.79 Å². The van der Waals surface area contributed by atoms with Crippen molar-refractivity contribution in [2.24, 2.45) is 7.05 Å². The molecule has 1 N–H and O–H groups in total. The first kappa shape index (κ1) is 13.0. The van der Waals surface area contributed by atoms with Crippen molar-refractivity contribution in [2.45, 2.75) is 18.9 Å². The van der Waals surface area contributed by atoms with Gasteiger partial charge in [-0.25, -0.2) is 4.79 Å². The molecular weight excluding hydrogens is 234 g/mol. The second-order valence-corrected chi connectivity index (χ2v) is 5.04. The van der Waals surface area contributed by atoms with E-state index < -0.39 is 5.97 Å². The molecule has 6 nitrogen and oxygen atoms in total. The maximum Gasteiger partial charge on any atom is 0.329 e. The summed E-state index contributed by atoms with van der Waals surface area (Å²) in [6, 6.07) is 2.01. The number of aromatic nitrogens is 2. The summed E-state index contributed by atoms with van der Waals surface area (Å²) in [7, 11) is 1.94. The Bertz CT molecular complexity index is 424. The lowest BCUT2D eigenvalue weighted by Gasteiger charge is -2.47. The van der Waals surface area contributed by atoms with E-state index in [1.165, 1.54) is 5.69 Å². The zero-order valence-electron chi connectivity index (χ0n) is 10.8. The molecule has 1 aromatic rings. The predicted octanol–water partition coefficient (Wildman–Crippen LogP) is 0.138. The van der Waals surface area contributed by atoms with Gasteiger partial charge >= 0.3 is 5.97 Å². The van der Waals surface area contributed by atoms with Crippen molar-refractivity contribution >= 4 is 5.97 Å². The number of hydrogen-bond donors (Lipinski definition) is 1. The van der Waals surface area contributed by atoms with Gasteiger partial charge in [0.1, 0.15) is 6.61 Å². The fourth-order valence-corrected chi connectivity index (χ4v) is 2.30. The normalized spacial score (nSPS) is 18.6. The van der Waals surface area contributed by atoms with E-state index in [1.54, 1.807) is 6.20 Å². The molecule has 0 bridgehead atoms. The van der Waals surface area contributed by atoms with E-state index in [4.69, 9.17) is 9.84 Å². The molecule has 1 aromatic heterocycles. The Kier molecular flexibility index (Phi) is 3.68. The fourth-order valence-electron chi connectivity index (χ4n) is 2.30. The second kappa shape index (κ2) is 5.07. The van der Waals surface area contributed by atoms with E-state index in [0.717, 1.165) is 26.1 Å². The van der Waals surface area contributed by atoms with Gasteiger partial charge < -0.3 is 9.84 Å². The lowest BCUT2D eigenvalue weighted by Crippen LogP contribution is -2.62. The van der Waals surface area contributed by atoms with E-state index in [1.807, 2.05) is 24.7 Å². The van der Waals surface area contributed by atoms with E-state index in [-0.39, 0.29) is 12.2 Å². The number of aryl methyl sites for hydroxylation is 1. The van der Waals surface area contributed by atoms with Gasteiger partial charge in [-0.2, -0.15) is 5.10 Å². The van der Waals surface area contributed by atoms with Gasteiger partial charge in [0.25, 0.3) is 0 Å². The van der Waals surface area contributed by atoms with Gasteiger partial charge in [0.2, 0.25) is 0 Å². The number of likely N-dealkylation sites (tertiary alicyclic amines) is 1. The van der Waals surface area contributed by atoms with Crippen molar-refractivity contribution in [1.29, 1.82) is 0 Å². The number of ether oxygens (including phenoxy) is 1. The Morgan fingerprint density at radius 3 is 2.89 bits per heavy atom. The van der Waals surface area contributed by atoms with Crippen LogP contribution in [0.4, 0.5) is 0 Å². The van der Waals surface area contributed by atoms with Crippen LogP contribution in [0.2, 0.25) is 0 Å². The van der Waals surface area contributed by atoms with E-state index in [2.05, 4.69) is 10.00 Å². The van der Waals surface area contributed by atoms with Crippen molar-refractivity contribution in [2.75, 3.05) is 26.2 Å². The molecule has 100 valence electrons. The van der Waals surface area contributed by atoms with Gasteiger partial charge in [0, 0.05) is 45.0 Å². The van der Waals surface area contributed by atoms with Gasteiger partial charge in [-0.3, -0.25) is 9.58 Å². The fraction of sp³-hybridized carbons (Fsp3) is 0.667. The lowest BCUT2D eigenvalue weighted by molar-refractivity contribution is -0.164. The van der Waals surface area contributed by atoms with Crippen molar-refractivity contribution < 1.29 is 14.6 Å². The SMILES string of the molecule is Cn1nccc1CCN1CC(C)(OCC(=O)O)C1. The van der Waals surface area contributed by atoms with Crippen molar-refractivity contribution in [3.05, 3.63) is 18.0 Å². The monoisotopic (exact) mass is 253 g/mol. The molecular formula is C12H19N3O3. The number of carboxylic acid groups (broad SMARTS) is 1. The Morgan fingerprint density at radius 2 is 2.33 bits per heavy atom. The highest BCUT2D eigenvalue weighted by atomic mass is 16.5. The number of aliphatic carboxylic acids is 1. The molecule has 0 radical (unpaired) electrons. The summed E-state index contributed by atoms with van der Waals surface area (Å²) in [6.07, 6.45) is 2.75. The van der Waals surface area contributed by atoms with Crippen LogP contribution in [0.5, 0.6) is 0 Å². The molecule has 0 aliphatic carbocycles. The predicted molar refractivity (Wildman–Crippen MR) is 65.3 cm³/mol. The molecule has 1 aliphatic heterocycles. The highest BCUT2D eigenvalue weighted by Gasteiger charge is 2.39. The average Bonchev–Trinajstić information content (AvgIpc) is 2.66. The molecule has 6 heteroatoms. The van der Waals surface area contributed by atoms with Crippen LogP contribution in [-0.2, 0) is 23.0 Å². The van der Waals surface area contributed by atoms with Crippen LogP contribution in [0.25, 0.3) is 0 Å². The lowest BCUT2D eigenvalue weighted by atomic mass is 9.96. The third kappa shape index (κ3) is 3.08. The maximum absolute atomic E-state index is 10.4. The number of hydrogen-bond acceptors (Lipinski definition) is 4. The third-order valence-electron chi connectivity index (χ3n) is 3.27. The summed E-state index contributed by atoms with van der Waals surface area (Å²) >= 11 is 0. The van der Waals surface area contributed by atoms with Crippen LogP contribution in [-0.4, -0.2) is 57.6 Å². The molecule has 1 saturated heterocycles. The van der Waals surface area contributed by atoms with E-state index in [0.29, 0.717) is 0 Å². The Balaban J connectivity index is 1.70. The third-order valence-corrected chi connectivity index (χ3v) is 3.27. The molecule has 0 atom stereocenters. The Hall–Kier alpha value is -1.40. The second-order valence-electron chi connectivity index (χ2n) is 5.04. The number of carbonyl (C=O) groups is 1. The maximum atomic E-state index is 10.4. The minimum atomic E-state index is -0.912. The summed E-state index contributed by atoms with van der Waals surface area (Å²) in [5.41, 5.74) is 0.903.